The van der Waals surface area contributed by atoms with Gasteiger partial charge in [-0.05, 0) is 52.4 Å². The third-order valence-corrected chi connectivity index (χ3v) is 4.34. The second kappa shape index (κ2) is 7.41. The first kappa shape index (κ1) is 17.9. The van der Waals surface area contributed by atoms with Crippen molar-refractivity contribution in [1.29, 1.82) is 0 Å². The van der Waals surface area contributed by atoms with Crippen molar-refractivity contribution >= 4 is 12.1 Å². The van der Waals surface area contributed by atoms with E-state index >= 15 is 0 Å². The molecule has 0 aromatic carbocycles. The fourth-order valence-electron chi connectivity index (χ4n) is 2.74. The van der Waals surface area contributed by atoms with Crippen molar-refractivity contribution in [3.05, 3.63) is 0 Å². The van der Waals surface area contributed by atoms with Crippen molar-refractivity contribution in [3.63, 3.8) is 0 Å². The fraction of sp³-hybridized carbons (Fsp3) is 0.882. The number of guanidine groups is 1. The van der Waals surface area contributed by atoms with E-state index in [1.807, 2.05) is 20.8 Å². The van der Waals surface area contributed by atoms with Gasteiger partial charge in [-0.3, -0.25) is 4.99 Å². The van der Waals surface area contributed by atoms with Gasteiger partial charge >= 0.3 is 6.09 Å². The molecule has 2 aliphatic rings. The van der Waals surface area contributed by atoms with E-state index in [-0.39, 0.29) is 6.09 Å². The van der Waals surface area contributed by atoms with Crippen molar-refractivity contribution in [3.8, 4) is 0 Å². The summed E-state index contributed by atoms with van der Waals surface area (Å²) >= 11 is 0. The quantitative estimate of drug-likeness (QED) is 0.637. The van der Waals surface area contributed by atoms with Crippen LogP contribution < -0.4 is 5.73 Å². The standard InChI is InChI=1S/C17H32N4O2/c1-13-7-10-20(11-8-13)15(18)19-9-12-21(14-5-6-14)16(22)23-17(2,3)4/h13-14H,5-12H2,1-4H3,(H2,18,19). The summed E-state index contributed by atoms with van der Waals surface area (Å²) in [5.41, 5.74) is 5.63. The zero-order valence-electron chi connectivity index (χ0n) is 15.0. The van der Waals surface area contributed by atoms with Gasteiger partial charge in [0.25, 0.3) is 0 Å². The van der Waals surface area contributed by atoms with E-state index in [0.29, 0.717) is 25.1 Å². The molecule has 1 aliphatic carbocycles. The van der Waals surface area contributed by atoms with E-state index in [1.54, 1.807) is 4.90 Å². The van der Waals surface area contributed by atoms with Gasteiger partial charge in [0.05, 0.1) is 6.54 Å². The lowest BCUT2D eigenvalue weighted by Gasteiger charge is -2.31. The number of rotatable bonds is 4. The van der Waals surface area contributed by atoms with Crippen LogP contribution in [0.2, 0.25) is 0 Å². The maximum atomic E-state index is 12.3. The summed E-state index contributed by atoms with van der Waals surface area (Å²) in [5.74, 6) is 1.38. The number of hydrogen-bond donors (Lipinski definition) is 1. The minimum absolute atomic E-state index is 0.236. The van der Waals surface area contributed by atoms with Crippen molar-refractivity contribution < 1.29 is 9.53 Å². The first-order valence-electron chi connectivity index (χ1n) is 8.81. The molecule has 0 aromatic heterocycles. The fourth-order valence-corrected chi connectivity index (χ4v) is 2.74. The lowest BCUT2D eigenvalue weighted by molar-refractivity contribution is 0.0240. The van der Waals surface area contributed by atoms with Crippen LogP contribution in [-0.2, 0) is 4.74 Å². The first-order chi connectivity index (χ1) is 10.8. The third-order valence-electron chi connectivity index (χ3n) is 4.34. The van der Waals surface area contributed by atoms with Crippen LogP contribution in [0.4, 0.5) is 4.79 Å². The van der Waals surface area contributed by atoms with Crippen molar-refractivity contribution in [1.82, 2.24) is 9.80 Å². The third kappa shape index (κ3) is 5.92. The van der Waals surface area contributed by atoms with Crippen LogP contribution in [0.5, 0.6) is 0 Å². The minimum atomic E-state index is -0.461. The molecular formula is C17H32N4O2. The molecule has 1 saturated heterocycles. The predicted molar refractivity (Wildman–Crippen MR) is 92.4 cm³/mol. The Balaban J connectivity index is 1.82. The molecule has 1 saturated carbocycles. The summed E-state index contributed by atoms with van der Waals surface area (Å²) in [5, 5.41) is 0. The van der Waals surface area contributed by atoms with Gasteiger partial charge in [-0.1, -0.05) is 6.92 Å². The molecule has 132 valence electrons. The van der Waals surface area contributed by atoms with Crippen LogP contribution in [0.3, 0.4) is 0 Å². The molecule has 0 bridgehead atoms. The first-order valence-corrected chi connectivity index (χ1v) is 8.81. The molecule has 2 N–H and O–H groups in total. The monoisotopic (exact) mass is 324 g/mol. The zero-order chi connectivity index (χ0) is 17.0. The zero-order valence-corrected chi connectivity index (χ0v) is 15.0. The average molecular weight is 324 g/mol. The second-order valence-corrected chi connectivity index (χ2v) is 7.81. The minimum Gasteiger partial charge on any atom is -0.444 e. The largest absolute Gasteiger partial charge is 0.444 e. The van der Waals surface area contributed by atoms with Gasteiger partial charge in [-0.15, -0.1) is 0 Å². The molecule has 0 atom stereocenters. The van der Waals surface area contributed by atoms with Crippen LogP contribution >= 0.6 is 0 Å². The van der Waals surface area contributed by atoms with Crippen LogP contribution in [0, 0.1) is 5.92 Å². The molecule has 2 fully saturated rings. The van der Waals surface area contributed by atoms with E-state index in [1.165, 1.54) is 12.8 Å². The second-order valence-electron chi connectivity index (χ2n) is 7.81. The Morgan fingerprint density at radius 3 is 2.39 bits per heavy atom. The summed E-state index contributed by atoms with van der Waals surface area (Å²) in [4.78, 5) is 20.7. The van der Waals surface area contributed by atoms with Crippen molar-refractivity contribution in [2.24, 2.45) is 16.6 Å². The lowest BCUT2D eigenvalue weighted by atomic mass is 10.00. The Kier molecular flexibility index (Phi) is 5.76. The molecular weight excluding hydrogens is 292 g/mol. The molecule has 0 unspecified atom stereocenters. The summed E-state index contributed by atoms with van der Waals surface area (Å²) in [6, 6.07) is 0.317. The summed E-state index contributed by atoms with van der Waals surface area (Å²) < 4.78 is 5.48. The van der Waals surface area contributed by atoms with Crippen LogP contribution in [0.25, 0.3) is 0 Å². The lowest BCUT2D eigenvalue weighted by Crippen LogP contribution is -2.43. The van der Waals surface area contributed by atoms with Gasteiger partial charge in [-0.2, -0.15) is 0 Å². The van der Waals surface area contributed by atoms with Gasteiger partial charge in [-0.25, -0.2) is 4.79 Å². The Morgan fingerprint density at radius 1 is 1.26 bits per heavy atom. The predicted octanol–water partition coefficient (Wildman–Crippen LogP) is 2.43. The molecule has 0 aromatic rings. The number of carbonyl (C=O) groups excluding carboxylic acids is 1. The number of hydrogen-bond acceptors (Lipinski definition) is 3. The number of piperidine rings is 1. The number of amides is 1. The van der Waals surface area contributed by atoms with Crippen molar-refractivity contribution in [2.45, 2.75) is 65.0 Å². The highest BCUT2D eigenvalue weighted by atomic mass is 16.6. The van der Waals surface area contributed by atoms with Gasteiger partial charge < -0.3 is 20.3 Å². The molecule has 1 heterocycles. The van der Waals surface area contributed by atoms with Crippen LogP contribution in [0.1, 0.15) is 53.4 Å². The van der Waals surface area contributed by atoms with E-state index in [0.717, 1.165) is 31.8 Å². The van der Waals surface area contributed by atoms with Gasteiger partial charge in [0.15, 0.2) is 5.96 Å². The summed E-state index contributed by atoms with van der Waals surface area (Å²) in [6.45, 7) is 11.0. The summed E-state index contributed by atoms with van der Waals surface area (Å²) in [6.07, 6.45) is 4.22. The number of carbonyl (C=O) groups is 1. The Hall–Kier alpha value is -1.46. The molecule has 23 heavy (non-hydrogen) atoms. The Labute approximate surface area is 140 Å². The average Bonchev–Trinajstić information content (AvgIpc) is 3.26. The number of ether oxygens (including phenoxy) is 1. The van der Waals surface area contributed by atoms with E-state index < -0.39 is 5.60 Å². The topological polar surface area (TPSA) is 71.2 Å². The highest BCUT2D eigenvalue weighted by molar-refractivity contribution is 5.78. The SMILES string of the molecule is CC1CCN(C(N)=NCCN(C(=O)OC(C)(C)C)C2CC2)CC1. The Morgan fingerprint density at radius 2 is 1.87 bits per heavy atom. The highest BCUT2D eigenvalue weighted by Gasteiger charge is 2.34. The van der Waals surface area contributed by atoms with Crippen LogP contribution in [-0.4, -0.2) is 59.7 Å². The Bertz CT molecular complexity index is 432. The van der Waals surface area contributed by atoms with Gasteiger partial charge in [0.1, 0.15) is 5.60 Å². The molecule has 0 spiro atoms. The number of likely N-dealkylation sites (tertiary alicyclic amines) is 1. The number of nitrogens with zero attached hydrogens (tertiary/aromatic N) is 3. The molecule has 1 amide bonds. The molecule has 6 heteroatoms. The van der Waals surface area contributed by atoms with Crippen LogP contribution in [0.15, 0.2) is 4.99 Å². The molecule has 1 aliphatic heterocycles. The molecule has 2 rings (SSSR count). The molecule has 0 radical (unpaired) electrons. The normalized spacial score (nSPS) is 20.5. The number of aliphatic imine (C=N–C) groups is 1. The molecule has 6 nitrogen and oxygen atoms in total. The maximum absolute atomic E-state index is 12.3. The smallest absolute Gasteiger partial charge is 0.410 e. The number of nitrogens with two attached hydrogens (primary N) is 1. The van der Waals surface area contributed by atoms with E-state index in [4.69, 9.17) is 10.5 Å². The van der Waals surface area contributed by atoms with Crippen molar-refractivity contribution in [2.75, 3.05) is 26.2 Å². The van der Waals surface area contributed by atoms with Gasteiger partial charge in [0, 0.05) is 25.7 Å². The highest BCUT2D eigenvalue weighted by Crippen LogP contribution is 2.28. The maximum Gasteiger partial charge on any atom is 0.410 e. The van der Waals surface area contributed by atoms with E-state index in [2.05, 4.69) is 16.8 Å². The van der Waals surface area contributed by atoms with Gasteiger partial charge in [0.2, 0.25) is 0 Å². The van der Waals surface area contributed by atoms with E-state index in [9.17, 15) is 4.79 Å². The summed E-state index contributed by atoms with van der Waals surface area (Å²) in [7, 11) is 0.